The number of benzene rings is 2. The second kappa shape index (κ2) is 9.58. The molecule has 0 heterocycles. The molecule has 0 spiro atoms. The maximum Gasteiger partial charge on any atom is 0.176 e. The van der Waals surface area contributed by atoms with Gasteiger partial charge in [0.25, 0.3) is 0 Å². The van der Waals surface area contributed by atoms with E-state index in [0.29, 0.717) is 0 Å². The molecule has 0 atom stereocenters. The molecule has 0 aliphatic carbocycles. The quantitative estimate of drug-likeness (QED) is 0.428. The van der Waals surface area contributed by atoms with Gasteiger partial charge in [-0.3, -0.25) is 0 Å². The van der Waals surface area contributed by atoms with Crippen LogP contribution in [0.25, 0.3) is 0 Å². The highest BCUT2D eigenvalue weighted by molar-refractivity contribution is 5.44. The molecule has 0 saturated carbocycles. The lowest BCUT2D eigenvalue weighted by atomic mass is 9.87. The van der Waals surface area contributed by atoms with Crippen molar-refractivity contribution in [2.45, 2.75) is 12.0 Å². The van der Waals surface area contributed by atoms with Crippen molar-refractivity contribution in [1.82, 2.24) is 0 Å². The van der Waals surface area contributed by atoms with E-state index in [-0.39, 0.29) is 17.0 Å². The van der Waals surface area contributed by atoms with E-state index in [2.05, 4.69) is 32.5 Å². The minimum atomic E-state index is -1.28. The molecular formula is C22H26BrNO. The van der Waals surface area contributed by atoms with Crippen molar-refractivity contribution < 1.29 is 26.6 Å². The van der Waals surface area contributed by atoms with Crippen molar-refractivity contribution in [3.05, 3.63) is 84.4 Å². The summed E-state index contributed by atoms with van der Waals surface area (Å²) in [5.41, 5.74) is 0.310. The van der Waals surface area contributed by atoms with Gasteiger partial charge in [0, 0.05) is 11.1 Å². The average Bonchev–Trinajstić information content (AvgIpc) is 2.60. The van der Waals surface area contributed by atoms with Crippen molar-refractivity contribution in [2.75, 3.05) is 27.2 Å². The maximum atomic E-state index is 11.3. The van der Waals surface area contributed by atoms with Crippen LogP contribution in [0.15, 0.2) is 73.3 Å². The van der Waals surface area contributed by atoms with Crippen molar-refractivity contribution in [1.29, 1.82) is 0 Å². The van der Waals surface area contributed by atoms with Crippen molar-refractivity contribution in [2.24, 2.45) is 0 Å². The lowest BCUT2D eigenvalue weighted by Gasteiger charge is -2.27. The van der Waals surface area contributed by atoms with Crippen LogP contribution in [0.2, 0.25) is 0 Å². The zero-order chi connectivity index (χ0) is 17.5. The van der Waals surface area contributed by atoms with E-state index in [4.69, 9.17) is 0 Å². The zero-order valence-corrected chi connectivity index (χ0v) is 16.5. The predicted molar refractivity (Wildman–Crippen MR) is 100 cm³/mol. The topological polar surface area (TPSA) is 20.2 Å². The number of hydrogen-bond donors (Lipinski definition) is 1. The van der Waals surface area contributed by atoms with Crippen LogP contribution in [-0.4, -0.2) is 36.8 Å². The fraction of sp³-hybridized carbons (Fsp3) is 0.273. The Bertz CT molecular complexity index is 674. The van der Waals surface area contributed by atoms with Crippen LogP contribution in [0.3, 0.4) is 0 Å². The number of rotatable bonds is 6. The summed E-state index contributed by atoms with van der Waals surface area (Å²) < 4.78 is 0.841. The summed E-state index contributed by atoms with van der Waals surface area (Å²) in [4.78, 5) is 0. The SMILES string of the molecule is C=CC[N+](C)(C)CCC#CC(O)(c1ccccc1)c1ccccc1.[Br-]. The smallest absolute Gasteiger partial charge is 0.176 e. The molecule has 2 rings (SSSR count). The van der Waals surface area contributed by atoms with Crippen LogP contribution >= 0.6 is 0 Å². The lowest BCUT2D eigenvalue weighted by Crippen LogP contribution is -3.00. The van der Waals surface area contributed by atoms with Crippen LogP contribution < -0.4 is 17.0 Å². The van der Waals surface area contributed by atoms with Crippen LogP contribution in [-0.2, 0) is 5.60 Å². The van der Waals surface area contributed by atoms with E-state index in [1.807, 2.05) is 66.7 Å². The first kappa shape index (κ1) is 21.2. The largest absolute Gasteiger partial charge is 1.00 e. The molecule has 25 heavy (non-hydrogen) atoms. The van der Waals surface area contributed by atoms with Gasteiger partial charge in [-0.05, 0) is 6.08 Å². The molecule has 0 amide bonds. The fourth-order valence-corrected chi connectivity index (χ4v) is 2.66. The molecule has 2 aromatic rings. The second-order valence-corrected chi connectivity index (χ2v) is 6.62. The summed E-state index contributed by atoms with van der Waals surface area (Å²) in [6, 6.07) is 19.3. The fourth-order valence-electron chi connectivity index (χ4n) is 2.66. The standard InChI is InChI=1S/C22H26NO.BrH/c1-4-18-23(2,3)19-12-11-17-22(24,20-13-7-5-8-14-20)21-15-9-6-10-16-21;/h4-10,13-16,24H,1,12,18-19H2,2-3H3;1H/q+1;/p-1. The van der Waals surface area contributed by atoms with Gasteiger partial charge in [-0.2, -0.15) is 0 Å². The molecule has 0 saturated heterocycles. The Kier molecular flexibility index (Phi) is 8.12. The minimum Gasteiger partial charge on any atom is -1.00 e. The van der Waals surface area contributed by atoms with Gasteiger partial charge in [0.2, 0.25) is 0 Å². The molecule has 0 radical (unpaired) electrons. The average molecular weight is 400 g/mol. The van der Waals surface area contributed by atoms with Gasteiger partial charge in [-0.15, -0.1) is 0 Å². The Morgan fingerprint density at radius 2 is 1.48 bits per heavy atom. The molecule has 2 aromatic carbocycles. The first-order chi connectivity index (χ1) is 11.5. The summed E-state index contributed by atoms with van der Waals surface area (Å²) in [5, 5.41) is 11.3. The van der Waals surface area contributed by atoms with Crippen LogP contribution in [0.4, 0.5) is 0 Å². The molecule has 0 aromatic heterocycles. The summed E-state index contributed by atoms with van der Waals surface area (Å²) >= 11 is 0. The molecule has 3 heteroatoms. The number of halogens is 1. The predicted octanol–water partition coefficient (Wildman–Crippen LogP) is 0.582. The second-order valence-electron chi connectivity index (χ2n) is 6.62. The van der Waals surface area contributed by atoms with Crippen LogP contribution in [0.1, 0.15) is 17.5 Å². The van der Waals surface area contributed by atoms with Gasteiger partial charge in [0.15, 0.2) is 5.60 Å². The monoisotopic (exact) mass is 399 g/mol. The lowest BCUT2D eigenvalue weighted by molar-refractivity contribution is -0.883. The first-order valence-electron chi connectivity index (χ1n) is 8.24. The number of quaternary nitrogens is 1. The molecule has 0 bridgehead atoms. The number of likely N-dealkylation sites (N-methyl/N-ethyl adjacent to an activating group) is 1. The Hall–Kier alpha value is -1.86. The van der Waals surface area contributed by atoms with Gasteiger partial charge in [-0.25, -0.2) is 0 Å². The highest BCUT2D eigenvalue weighted by atomic mass is 79.9. The van der Waals surface area contributed by atoms with Crippen molar-refractivity contribution >= 4 is 0 Å². The molecule has 0 fully saturated rings. The van der Waals surface area contributed by atoms with Crippen molar-refractivity contribution in [3.63, 3.8) is 0 Å². The molecule has 2 nitrogen and oxygen atoms in total. The van der Waals surface area contributed by atoms with Gasteiger partial charge >= 0.3 is 0 Å². The molecule has 0 aliphatic rings. The summed E-state index contributed by atoms with van der Waals surface area (Å²) in [6.45, 7) is 5.62. The molecule has 0 unspecified atom stereocenters. The first-order valence-corrected chi connectivity index (χ1v) is 8.24. The third-order valence-electron chi connectivity index (χ3n) is 4.12. The van der Waals surface area contributed by atoms with E-state index in [9.17, 15) is 5.11 Å². The van der Waals surface area contributed by atoms with Gasteiger partial charge in [0.05, 0.1) is 33.6 Å². The Morgan fingerprint density at radius 3 is 1.92 bits per heavy atom. The van der Waals surface area contributed by atoms with Gasteiger partial charge in [0.1, 0.15) is 0 Å². The summed E-state index contributed by atoms with van der Waals surface area (Å²) in [6.07, 6.45) is 2.65. The Balaban J connectivity index is 0.00000312. The third-order valence-corrected chi connectivity index (χ3v) is 4.12. The normalized spacial score (nSPS) is 11.0. The molecule has 1 N–H and O–H groups in total. The van der Waals surface area contributed by atoms with Crippen LogP contribution in [0, 0.1) is 11.8 Å². The Morgan fingerprint density at radius 1 is 1.00 bits per heavy atom. The van der Waals surface area contributed by atoms with Gasteiger partial charge < -0.3 is 26.6 Å². The number of nitrogens with zero attached hydrogens (tertiary/aromatic N) is 1. The summed E-state index contributed by atoms with van der Waals surface area (Å²) in [7, 11) is 4.31. The molecule has 0 aliphatic heterocycles. The highest BCUT2D eigenvalue weighted by Gasteiger charge is 2.29. The van der Waals surface area contributed by atoms with E-state index < -0.39 is 5.60 Å². The van der Waals surface area contributed by atoms with Crippen LogP contribution in [0.5, 0.6) is 0 Å². The molecular weight excluding hydrogens is 374 g/mol. The summed E-state index contributed by atoms with van der Waals surface area (Å²) in [5.74, 6) is 6.30. The van der Waals surface area contributed by atoms with E-state index in [1.165, 1.54) is 0 Å². The minimum absolute atomic E-state index is 0. The Labute approximate surface area is 162 Å². The van der Waals surface area contributed by atoms with Gasteiger partial charge in [-0.1, -0.05) is 79.1 Å². The van der Waals surface area contributed by atoms with E-state index >= 15 is 0 Å². The third kappa shape index (κ3) is 5.86. The zero-order valence-electron chi connectivity index (χ0n) is 15.0. The number of hydrogen-bond acceptors (Lipinski definition) is 1. The number of aliphatic hydroxyl groups is 1. The van der Waals surface area contributed by atoms with Crippen molar-refractivity contribution in [3.8, 4) is 11.8 Å². The van der Waals surface area contributed by atoms with E-state index in [0.717, 1.165) is 35.1 Å². The van der Waals surface area contributed by atoms with E-state index in [1.54, 1.807) is 0 Å². The highest BCUT2D eigenvalue weighted by Crippen LogP contribution is 2.28. The maximum absolute atomic E-state index is 11.3. The molecule has 132 valence electrons.